The lowest BCUT2D eigenvalue weighted by Crippen LogP contribution is -1.72. The third kappa shape index (κ3) is 1.47. The van der Waals surface area contributed by atoms with Crippen LogP contribution in [0.5, 0.6) is 0 Å². The van der Waals surface area contributed by atoms with E-state index in [4.69, 9.17) is 11.6 Å². The first-order chi connectivity index (χ1) is 7.27. The van der Waals surface area contributed by atoms with Gasteiger partial charge in [0.25, 0.3) is 0 Å². The van der Waals surface area contributed by atoms with E-state index < -0.39 is 0 Å². The first-order valence-electron chi connectivity index (χ1n) is 4.52. The van der Waals surface area contributed by atoms with Crippen molar-refractivity contribution >= 4 is 65.7 Å². The Morgan fingerprint density at radius 2 is 1.87 bits per heavy atom. The van der Waals surface area contributed by atoms with Gasteiger partial charge in [0.05, 0.1) is 4.70 Å². The summed E-state index contributed by atoms with van der Waals surface area (Å²) >= 11 is 10.4. The van der Waals surface area contributed by atoms with Gasteiger partial charge in [-0.2, -0.15) is 0 Å². The van der Waals surface area contributed by atoms with Crippen LogP contribution in [0.1, 0.15) is 0 Å². The quantitative estimate of drug-likeness (QED) is 0.485. The number of benzene rings is 2. The lowest BCUT2D eigenvalue weighted by Gasteiger charge is -1.96. The van der Waals surface area contributed by atoms with E-state index in [0.717, 1.165) is 5.02 Å². The van der Waals surface area contributed by atoms with Gasteiger partial charge < -0.3 is 0 Å². The van der Waals surface area contributed by atoms with E-state index in [0.29, 0.717) is 0 Å². The summed E-state index contributed by atoms with van der Waals surface area (Å²) in [7, 11) is 0. The van der Waals surface area contributed by atoms with Crippen LogP contribution in [0.2, 0.25) is 5.02 Å². The molecule has 0 atom stereocenters. The van der Waals surface area contributed by atoms with Gasteiger partial charge in [0.2, 0.25) is 0 Å². The molecule has 0 aliphatic heterocycles. The zero-order valence-corrected chi connectivity index (χ0v) is 11.4. The molecule has 0 N–H and O–H groups in total. The largest absolute Gasteiger partial charge is 0.134 e. The molecule has 0 aliphatic rings. The zero-order chi connectivity index (χ0) is 10.4. The Bertz CT molecular complexity index is 657. The molecule has 3 heteroatoms. The van der Waals surface area contributed by atoms with E-state index in [2.05, 4.69) is 52.9 Å². The molecule has 0 saturated heterocycles. The summed E-state index contributed by atoms with van der Waals surface area (Å²) < 4.78 is 3.87. The predicted octanol–water partition coefficient (Wildman–Crippen LogP) is 5.31. The van der Waals surface area contributed by atoms with Crippen molar-refractivity contribution in [2.45, 2.75) is 0 Å². The maximum atomic E-state index is 6.25. The Labute approximate surface area is 110 Å². The Morgan fingerprint density at radius 3 is 2.73 bits per heavy atom. The van der Waals surface area contributed by atoms with Gasteiger partial charge in [-0.25, -0.2) is 0 Å². The third-order valence-electron chi connectivity index (χ3n) is 2.43. The minimum atomic E-state index is 0.850. The zero-order valence-electron chi connectivity index (χ0n) is 7.63. The first kappa shape index (κ1) is 9.87. The van der Waals surface area contributed by atoms with Crippen molar-refractivity contribution in [1.29, 1.82) is 0 Å². The average Bonchev–Trinajstić information content (AvgIpc) is 2.64. The van der Waals surface area contributed by atoms with E-state index >= 15 is 0 Å². The molecule has 0 unspecified atom stereocenters. The Kier molecular flexibility index (Phi) is 2.38. The lowest BCUT2D eigenvalue weighted by atomic mass is 10.1. The molecule has 1 aromatic heterocycles. The average molecular weight is 345 g/mol. The van der Waals surface area contributed by atoms with Gasteiger partial charge in [-0.15, -0.1) is 11.3 Å². The Hall–Kier alpha value is -0.320. The summed E-state index contributed by atoms with van der Waals surface area (Å²) in [5, 5.41) is 3.31. The minimum Gasteiger partial charge on any atom is -0.134 e. The SMILES string of the molecule is Clc1ccc(I)c2sc3ccccc3c12. The lowest BCUT2D eigenvalue weighted by molar-refractivity contribution is 1.79. The topological polar surface area (TPSA) is 0 Å². The van der Waals surface area contributed by atoms with Crippen LogP contribution in [-0.4, -0.2) is 0 Å². The summed E-state index contributed by atoms with van der Waals surface area (Å²) in [6, 6.07) is 12.5. The predicted molar refractivity (Wildman–Crippen MR) is 77.1 cm³/mol. The smallest absolute Gasteiger partial charge is 0.0503 e. The number of hydrogen-bond donors (Lipinski definition) is 0. The molecule has 2 aromatic carbocycles. The number of rotatable bonds is 0. The molecule has 0 saturated carbocycles. The van der Waals surface area contributed by atoms with Gasteiger partial charge in [-0.05, 0) is 40.8 Å². The van der Waals surface area contributed by atoms with Crippen molar-refractivity contribution in [3.05, 3.63) is 45.0 Å². The second kappa shape index (κ2) is 3.61. The number of halogens is 2. The Morgan fingerprint density at radius 1 is 1.07 bits per heavy atom. The molecular weight excluding hydrogens is 339 g/mol. The highest BCUT2D eigenvalue weighted by atomic mass is 127. The molecule has 0 aliphatic carbocycles. The minimum absolute atomic E-state index is 0.850. The van der Waals surface area contributed by atoms with Gasteiger partial charge in [-0.3, -0.25) is 0 Å². The van der Waals surface area contributed by atoms with Gasteiger partial charge in [0.1, 0.15) is 0 Å². The highest BCUT2D eigenvalue weighted by molar-refractivity contribution is 14.1. The van der Waals surface area contributed by atoms with Gasteiger partial charge in [-0.1, -0.05) is 29.8 Å². The summed E-state index contributed by atoms with van der Waals surface area (Å²) in [6.07, 6.45) is 0. The molecule has 0 nitrogen and oxygen atoms in total. The summed E-state index contributed by atoms with van der Waals surface area (Å²) in [4.78, 5) is 0. The molecule has 0 fully saturated rings. The van der Waals surface area contributed by atoms with Gasteiger partial charge in [0.15, 0.2) is 0 Å². The van der Waals surface area contributed by atoms with Crippen LogP contribution in [0.25, 0.3) is 20.2 Å². The normalized spacial score (nSPS) is 11.3. The maximum Gasteiger partial charge on any atom is 0.0503 e. The van der Waals surface area contributed by atoms with Crippen molar-refractivity contribution in [3.63, 3.8) is 0 Å². The van der Waals surface area contributed by atoms with Crippen molar-refractivity contribution in [2.24, 2.45) is 0 Å². The van der Waals surface area contributed by atoms with Crippen LogP contribution in [0.3, 0.4) is 0 Å². The molecule has 74 valence electrons. The molecule has 0 radical (unpaired) electrons. The molecular formula is C12H6ClIS. The Balaban J connectivity index is 2.66. The summed E-state index contributed by atoms with van der Waals surface area (Å²) in [5.41, 5.74) is 0. The monoisotopic (exact) mass is 344 g/mol. The van der Waals surface area contributed by atoms with Gasteiger partial charge >= 0.3 is 0 Å². The van der Waals surface area contributed by atoms with E-state index in [1.807, 2.05) is 17.4 Å². The molecule has 0 amide bonds. The van der Waals surface area contributed by atoms with Crippen LogP contribution in [0.4, 0.5) is 0 Å². The molecule has 0 spiro atoms. The molecule has 15 heavy (non-hydrogen) atoms. The van der Waals surface area contributed by atoms with Crippen LogP contribution in [0.15, 0.2) is 36.4 Å². The van der Waals surface area contributed by atoms with E-state index in [1.165, 1.54) is 23.7 Å². The van der Waals surface area contributed by atoms with Crippen LogP contribution >= 0.6 is 45.5 Å². The van der Waals surface area contributed by atoms with Crippen molar-refractivity contribution in [3.8, 4) is 0 Å². The molecule has 3 rings (SSSR count). The number of hydrogen-bond acceptors (Lipinski definition) is 1. The first-order valence-corrected chi connectivity index (χ1v) is 6.80. The third-order valence-corrected chi connectivity index (χ3v) is 5.21. The maximum absolute atomic E-state index is 6.25. The van der Waals surface area contributed by atoms with E-state index in [9.17, 15) is 0 Å². The number of fused-ring (bicyclic) bond motifs is 3. The van der Waals surface area contributed by atoms with Crippen LogP contribution < -0.4 is 0 Å². The second-order valence-electron chi connectivity index (χ2n) is 3.33. The second-order valence-corrected chi connectivity index (χ2v) is 5.95. The highest BCUT2D eigenvalue weighted by Crippen LogP contribution is 2.39. The summed E-state index contributed by atoms with van der Waals surface area (Å²) in [6.45, 7) is 0. The fourth-order valence-corrected chi connectivity index (χ4v) is 3.99. The summed E-state index contributed by atoms with van der Waals surface area (Å²) in [5.74, 6) is 0. The highest BCUT2D eigenvalue weighted by Gasteiger charge is 2.09. The fourth-order valence-electron chi connectivity index (χ4n) is 1.76. The van der Waals surface area contributed by atoms with Crippen molar-refractivity contribution < 1.29 is 0 Å². The van der Waals surface area contributed by atoms with Crippen molar-refractivity contribution in [2.75, 3.05) is 0 Å². The molecule has 3 aromatic rings. The standard InChI is InChI=1S/C12H6ClIS/c13-8-5-6-9(14)12-11(8)7-3-1-2-4-10(7)15-12/h1-6H. The van der Waals surface area contributed by atoms with Gasteiger partial charge in [0, 0.05) is 24.1 Å². The number of thiophene rings is 1. The van der Waals surface area contributed by atoms with Crippen LogP contribution in [0, 0.1) is 3.57 Å². The van der Waals surface area contributed by atoms with E-state index in [1.54, 1.807) is 0 Å². The van der Waals surface area contributed by atoms with Crippen molar-refractivity contribution in [1.82, 2.24) is 0 Å². The van der Waals surface area contributed by atoms with E-state index in [-0.39, 0.29) is 0 Å². The fraction of sp³-hybridized carbons (Fsp3) is 0. The molecule has 0 bridgehead atoms. The van der Waals surface area contributed by atoms with Crippen LogP contribution in [-0.2, 0) is 0 Å². The molecule has 1 heterocycles.